The maximum absolute atomic E-state index is 13.6. The summed E-state index contributed by atoms with van der Waals surface area (Å²) in [6, 6.07) is 22.7. The Morgan fingerprint density at radius 2 is 1.68 bits per heavy atom. The lowest BCUT2D eigenvalue weighted by Gasteiger charge is -2.29. The molecule has 2 heterocycles. The Hall–Kier alpha value is -4.23. The number of carbonyl (C=O) groups is 2. The molecule has 0 spiro atoms. The minimum Gasteiger partial charge on any atom is -0.344 e. The van der Waals surface area contributed by atoms with Crippen molar-refractivity contribution in [3.05, 3.63) is 118 Å². The first-order valence-corrected chi connectivity index (χ1v) is 12.6. The summed E-state index contributed by atoms with van der Waals surface area (Å²) in [7, 11) is 0. The molecule has 8 heteroatoms. The lowest BCUT2D eigenvalue weighted by atomic mass is 9.97. The lowest BCUT2D eigenvalue weighted by Crippen LogP contribution is -2.35. The van der Waals surface area contributed by atoms with Gasteiger partial charge < -0.3 is 10.2 Å². The third kappa shape index (κ3) is 5.24. The van der Waals surface area contributed by atoms with Crippen molar-refractivity contribution >= 4 is 35.1 Å². The largest absolute Gasteiger partial charge is 0.344 e. The van der Waals surface area contributed by atoms with Crippen LogP contribution in [0, 0.1) is 5.82 Å². The Labute approximate surface area is 225 Å². The molecule has 1 aliphatic rings. The average Bonchev–Trinajstić information content (AvgIpc) is 3.31. The number of aromatic nitrogens is 2. The van der Waals surface area contributed by atoms with E-state index in [2.05, 4.69) is 5.32 Å². The van der Waals surface area contributed by atoms with Crippen LogP contribution in [0.2, 0.25) is 5.02 Å². The number of fused-ring (bicyclic) bond motifs is 1. The minimum atomic E-state index is -0.336. The summed E-state index contributed by atoms with van der Waals surface area (Å²) in [5.74, 6) is -0.791. The highest BCUT2D eigenvalue weighted by Gasteiger charge is 2.33. The normalized spacial score (nSPS) is 14.7. The summed E-state index contributed by atoms with van der Waals surface area (Å²) in [4.78, 5) is 27.8. The Morgan fingerprint density at radius 1 is 1.00 bits per heavy atom. The number of rotatable bonds is 5. The van der Waals surface area contributed by atoms with Gasteiger partial charge in [0.15, 0.2) is 5.69 Å². The van der Waals surface area contributed by atoms with Crippen LogP contribution in [0.1, 0.15) is 52.8 Å². The van der Waals surface area contributed by atoms with Gasteiger partial charge in [-0.2, -0.15) is 5.10 Å². The maximum atomic E-state index is 13.6. The molecule has 3 aromatic carbocycles. The predicted octanol–water partition coefficient (Wildman–Crippen LogP) is 6.06. The van der Waals surface area contributed by atoms with Gasteiger partial charge in [0.1, 0.15) is 5.82 Å². The topological polar surface area (TPSA) is 67.2 Å². The van der Waals surface area contributed by atoms with Gasteiger partial charge in [0.2, 0.25) is 5.91 Å². The highest BCUT2D eigenvalue weighted by molar-refractivity contribution is 6.30. The van der Waals surface area contributed by atoms with E-state index in [9.17, 15) is 14.0 Å². The molecule has 5 rings (SSSR count). The number of carbonyl (C=O) groups excluding carboxylic acids is 2. The Balaban J connectivity index is 1.65. The number of amides is 2. The van der Waals surface area contributed by atoms with Gasteiger partial charge in [-0.1, -0.05) is 54.1 Å². The lowest BCUT2D eigenvalue weighted by molar-refractivity contribution is -0.128. The second kappa shape index (κ2) is 10.6. The highest BCUT2D eigenvalue weighted by Crippen LogP contribution is 2.34. The van der Waals surface area contributed by atoms with Crippen molar-refractivity contribution in [3.8, 4) is 5.69 Å². The van der Waals surface area contributed by atoms with Crippen molar-refractivity contribution in [1.82, 2.24) is 20.0 Å². The number of hydrogen-bond acceptors (Lipinski definition) is 3. The molecule has 2 amide bonds. The third-order valence-corrected chi connectivity index (χ3v) is 6.84. The van der Waals surface area contributed by atoms with Gasteiger partial charge in [-0.3, -0.25) is 9.59 Å². The molecule has 0 saturated heterocycles. The van der Waals surface area contributed by atoms with Crippen LogP contribution in [0.5, 0.6) is 0 Å². The van der Waals surface area contributed by atoms with Gasteiger partial charge in [0.05, 0.1) is 24.0 Å². The smallest absolute Gasteiger partial charge is 0.272 e. The van der Waals surface area contributed by atoms with Gasteiger partial charge >= 0.3 is 0 Å². The molecular formula is C30H26ClFN4O2. The number of hydrogen-bond donors (Lipinski definition) is 1. The van der Waals surface area contributed by atoms with Crippen LogP contribution >= 0.6 is 11.6 Å². The first kappa shape index (κ1) is 25.4. The van der Waals surface area contributed by atoms with Gasteiger partial charge in [0.25, 0.3) is 5.91 Å². The summed E-state index contributed by atoms with van der Waals surface area (Å²) in [6.07, 6.45) is 1.90. The highest BCUT2D eigenvalue weighted by atomic mass is 35.5. The summed E-state index contributed by atoms with van der Waals surface area (Å²) in [6.45, 7) is 3.97. The molecule has 0 saturated carbocycles. The monoisotopic (exact) mass is 528 g/mol. The van der Waals surface area contributed by atoms with Crippen molar-refractivity contribution in [2.24, 2.45) is 0 Å². The molecule has 38 heavy (non-hydrogen) atoms. The van der Waals surface area contributed by atoms with Crippen molar-refractivity contribution < 1.29 is 14.0 Å². The fourth-order valence-corrected chi connectivity index (χ4v) is 4.72. The number of nitrogens with one attached hydrogen (secondary N) is 1. The quantitative estimate of drug-likeness (QED) is 0.342. The fourth-order valence-electron chi connectivity index (χ4n) is 4.60. The van der Waals surface area contributed by atoms with Crippen LogP contribution in [0.4, 0.5) is 4.39 Å². The second-order valence-corrected chi connectivity index (χ2v) is 9.70. The van der Waals surface area contributed by atoms with E-state index in [0.717, 1.165) is 28.1 Å². The Morgan fingerprint density at radius 3 is 2.34 bits per heavy atom. The molecule has 1 aromatic heterocycles. The zero-order valence-electron chi connectivity index (χ0n) is 21.0. The van der Waals surface area contributed by atoms with E-state index in [-0.39, 0.29) is 35.9 Å². The zero-order valence-corrected chi connectivity index (χ0v) is 21.7. The van der Waals surface area contributed by atoms with Crippen molar-refractivity contribution in [3.63, 3.8) is 0 Å². The average molecular weight is 529 g/mol. The number of halogens is 2. The Kier molecular flexibility index (Phi) is 7.11. The standard InChI is InChI=1S/C30H26ClFN4O2/c1-19(22-6-4-3-5-7-22)33-30(38)28-27-18-35(20(2)37)17-23(16-21-8-12-25(32)13-9-21)29(27)36(34-28)26-14-10-24(31)11-15-26/h3-16,19H,17-18H2,1-2H3,(H,33,38)/b23-16+/t19-/m1/s1. The maximum Gasteiger partial charge on any atom is 0.272 e. The molecule has 1 N–H and O–H groups in total. The van der Waals surface area contributed by atoms with E-state index < -0.39 is 0 Å². The van der Waals surface area contributed by atoms with Crippen LogP contribution in [-0.2, 0) is 11.3 Å². The fraction of sp³-hybridized carbons (Fsp3) is 0.167. The number of nitrogens with zero attached hydrogens (tertiary/aromatic N) is 3. The Bertz CT molecular complexity index is 1510. The summed E-state index contributed by atoms with van der Waals surface area (Å²) in [5, 5.41) is 8.39. The van der Waals surface area contributed by atoms with Gasteiger partial charge in [0, 0.05) is 24.1 Å². The molecule has 6 nitrogen and oxygen atoms in total. The molecule has 192 valence electrons. The molecular weight excluding hydrogens is 503 g/mol. The van der Waals surface area contributed by atoms with Crippen molar-refractivity contribution in [2.45, 2.75) is 26.4 Å². The first-order chi connectivity index (χ1) is 18.3. The SMILES string of the molecule is CC(=O)N1C/C(=C\c2ccc(F)cc2)c2c(c(C(=O)N[C@H](C)c3ccccc3)nn2-c2ccc(Cl)cc2)C1. The number of benzene rings is 3. The molecule has 1 aliphatic heterocycles. The third-order valence-electron chi connectivity index (χ3n) is 6.59. The minimum absolute atomic E-state index is 0.121. The van der Waals surface area contributed by atoms with E-state index in [1.165, 1.54) is 19.1 Å². The summed E-state index contributed by atoms with van der Waals surface area (Å²) in [5.41, 5.74) is 4.86. The second-order valence-electron chi connectivity index (χ2n) is 9.27. The van der Waals surface area contributed by atoms with Crippen LogP contribution in [0.3, 0.4) is 0 Å². The van der Waals surface area contributed by atoms with Crippen LogP contribution in [-0.4, -0.2) is 33.0 Å². The van der Waals surface area contributed by atoms with E-state index in [1.54, 1.807) is 33.8 Å². The molecule has 0 bridgehead atoms. The van der Waals surface area contributed by atoms with E-state index in [4.69, 9.17) is 16.7 Å². The first-order valence-electron chi connectivity index (χ1n) is 12.3. The van der Waals surface area contributed by atoms with E-state index >= 15 is 0 Å². The molecule has 0 unspecified atom stereocenters. The zero-order chi connectivity index (χ0) is 26.8. The summed E-state index contributed by atoms with van der Waals surface area (Å²) < 4.78 is 15.3. The molecule has 0 fully saturated rings. The predicted molar refractivity (Wildman–Crippen MR) is 146 cm³/mol. The summed E-state index contributed by atoms with van der Waals surface area (Å²) >= 11 is 6.14. The van der Waals surface area contributed by atoms with Gasteiger partial charge in [-0.05, 0) is 66.1 Å². The van der Waals surface area contributed by atoms with Crippen LogP contribution in [0.25, 0.3) is 17.3 Å². The molecule has 0 aliphatic carbocycles. The molecule has 4 aromatic rings. The molecule has 1 atom stereocenters. The van der Waals surface area contributed by atoms with Gasteiger partial charge in [-0.25, -0.2) is 9.07 Å². The van der Waals surface area contributed by atoms with Crippen molar-refractivity contribution in [2.75, 3.05) is 6.54 Å². The van der Waals surface area contributed by atoms with Crippen LogP contribution < -0.4 is 5.32 Å². The molecule has 0 radical (unpaired) electrons. The van der Waals surface area contributed by atoms with Gasteiger partial charge in [-0.15, -0.1) is 0 Å². The van der Waals surface area contributed by atoms with E-state index in [1.807, 2.05) is 55.5 Å². The van der Waals surface area contributed by atoms with E-state index in [0.29, 0.717) is 17.1 Å². The van der Waals surface area contributed by atoms with Crippen LogP contribution in [0.15, 0.2) is 78.9 Å². The van der Waals surface area contributed by atoms with Crippen molar-refractivity contribution in [1.29, 1.82) is 0 Å².